The highest BCUT2D eigenvalue weighted by Gasteiger charge is 1.92. The van der Waals surface area contributed by atoms with E-state index in [1.165, 1.54) is 0 Å². The average Bonchev–Trinajstić information content (AvgIpc) is 2.34. The van der Waals surface area contributed by atoms with E-state index in [2.05, 4.69) is 0 Å². The van der Waals surface area contributed by atoms with Gasteiger partial charge in [0, 0.05) is 4.11 Å². The zero-order valence-electron chi connectivity index (χ0n) is 15.3. The highest BCUT2D eigenvalue weighted by Crippen LogP contribution is 1.74. The number of rotatable bonds is 1. The standard InChI is InChI=1S/C6H11N2.HI/c1-3-8-5-4-7(2)6-8;/h4-6H,3H2,1-2H3;1H/q+1;/p-1/i1D3,2D3,3D2,4D,5D,6D;. The molecule has 1 aromatic rings. The van der Waals surface area contributed by atoms with E-state index in [9.17, 15) is 0 Å². The molecule has 9 heavy (non-hydrogen) atoms. The Morgan fingerprint density at radius 3 is 3.44 bits per heavy atom. The van der Waals surface area contributed by atoms with Crippen molar-refractivity contribution >= 4 is 0 Å². The van der Waals surface area contributed by atoms with Crippen LogP contribution in [0.3, 0.4) is 0 Å². The van der Waals surface area contributed by atoms with Gasteiger partial charge in [-0.05, 0) is 6.85 Å². The van der Waals surface area contributed by atoms with E-state index in [1.807, 2.05) is 0 Å². The average molecular weight is 249 g/mol. The van der Waals surface area contributed by atoms with Gasteiger partial charge in [-0.15, -0.1) is 0 Å². The maximum absolute atomic E-state index is 7.54. The first-order chi connectivity index (χ1) is 8.23. The molecule has 52 valence electrons. The fourth-order valence-corrected chi connectivity index (χ4v) is 0.303. The Bertz CT molecular complexity index is 498. The Balaban J connectivity index is 0.00000361. The Morgan fingerprint density at radius 1 is 2.00 bits per heavy atom. The summed E-state index contributed by atoms with van der Waals surface area (Å²) in [5.74, 6) is 0. The fourth-order valence-electron chi connectivity index (χ4n) is 0.303. The van der Waals surface area contributed by atoms with Crippen molar-refractivity contribution in [1.29, 1.82) is 0 Å². The summed E-state index contributed by atoms with van der Waals surface area (Å²) in [4.78, 5) is 0. The molecule has 2 nitrogen and oxygen atoms in total. The first kappa shape index (κ1) is 1.57. The van der Waals surface area contributed by atoms with Crippen LogP contribution >= 0.6 is 0 Å². The number of hydrogen-bond acceptors (Lipinski definition) is 0. The van der Waals surface area contributed by atoms with Crippen LogP contribution in [0, 0.1) is 0 Å². The molecule has 0 N–H and O–H groups in total. The summed E-state index contributed by atoms with van der Waals surface area (Å²) >= 11 is 0. The second kappa shape index (κ2) is 3.87. The number of imidazole rings is 1. The maximum atomic E-state index is 7.54. The summed E-state index contributed by atoms with van der Waals surface area (Å²) in [7, 11) is 0. The molecular formula is C6H11IN2. The van der Waals surface area contributed by atoms with Gasteiger partial charge in [-0.3, -0.25) is 0 Å². The van der Waals surface area contributed by atoms with Gasteiger partial charge in [0.1, 0.15) is 15.1 Å². The van der Waals surface area contributed by atoms with E-state index >= 15 is 0 Å². The van der Waals surface area contributed by atoms with Crippen molar-refractivity contribution in [3.05, 3.63) is 18.6 Å². The van der Waals surface area contributed by atoms with E-state index in [1.54, 1.807) is 0 Å². The van der Waals surface area contributed by atoms with Gasteiger partial charge < -0.3 is 24.0 Å². The third kappa shape index (κ3) is 2.34. The van der Waals surface area contributed by atoms with Gasteiger partial charge >= 0.3 is 0 Å². The van der Waals surface area contributed by atoms with Gasteiger partial charge in [0.2, 0.25) is 6.30 Å². The van der Waals surface area contributed by atoms with Crippen LogP contribution in [0.1, 0.15) is 21.9 Å². The second-order valence-electron chi connectivity index (χ2n) is 1.11. The Hall–Kier alpha value is -0.0600. The minimum atomic E-state index is -3.21. The summed E-state index contributed by atoms with van der Waals surface area (Å²) in [6.45, 7) is -9.34. The molecule has 0 amide bonds. The second-order valence-corrected chi connectivity index (χ2v) is 1.11. The number of hydrogen-bond donors (Lipinski definition) is 0. The van der Waals surface area contributed by atoms with Crippen LogP contribution in [0.2, 0.25) is 0 Å². The minimum absolute atomic E-state index is 0. The van der Waals surface area contributed by atoms with Crippen LogP contribution in [-0.4, -0.2) is 4.57 Å². The predicted molar refractivity (Wildman–Crippen MR) is 31.3 cm³/mol. The van der Waals surface area contributed by atoms with Gasteiger partial charge in [0.05, 0.1) is 20.3 Å². The molecule has 0 aliphatic heterocycles. The predicted octanol–water partition coefficient (Wildman–Crippen LogP) is -2.66. The number of aromatic nitrogens is 2. The van der Waals surface area contributed by atoms with Crippen molar-refractivity contribution in [2.45, 2.75) is 13.3 Å². The molecule has 0 saturated carbocycles. The molecule has 0 aromatic carbocycles. The molecule has 0 saturated heterocycles. The first-order valence-electron chi connectivity index (χ1n) is 7.34. The van der Waals surface area contributed by atoms with E-state index in [-0.39, 0.29) is 33.1 Å². The van der Waals surface area contributed by atoms with Gasteiger partial charge in [-0.2, -0.15) is 0 Å². The summed E-state index contributed by atoms with van der Waals surface area (Å²) in [6.07, 6.45) is -3.00. The highest BCUT2D eigenvalue weighted by molar-refractivity contribution is 4.61. The lowest BCUT2D eigenvalue weighted by molar-refractivity contribution is -0.693. The smallest absolute Gasteiger partial charge is 0.243 e. The summed E-state index contributed by atoms with van der Waals surface area (Å²) in [5, 5.41) is 0. The molecule has 0 atom stereocenters. The fraction of sp³-hybridized carbons (Fsp3) is 0.500. The quantitative estimate of drug-likeness (QED) is 0.379. The normalized spacial score (nSPS) is 30.9. The monoisotopic (exact) mass is 249 g/mol. The van der Waals surface area contributed by atoms with Crippen molar-refractivity contribution in [3.63, 3.8) is 0 Å². The molecule has 0 radical (unpaired) electrons. The Morgan fingerprint density at radius 2 is 2.89 bits per heavy atom. The molecule has 0 unspecified atom stereocenters. The van der Waals surface area contributed by atoms with Crippen LogP contribution in [-0.2, 0) is 13.5 Å². The molecular weight excluding hydrogens is 227 g/mol. The van der Waals surface area contributed by atoms with Crippen molar-refractivity contribution in [2.75, 3.05) is 0 Å². The Labute approximate surface area is 88.0 Å². The van der Waals surface area contributed by atoms with E-state index in [0.29, 0.717) is 0 Å². The third-order valence-corrected chi connectivity index (χ3v) is 0.585. The molecule has 1 heterocycles. The summed E-state index contributed by atoms with van der Waals surface area (Å²) in [6, 6.07) is 0. The number of halogens is 1. The van der Waals surface area contributed by atoms with E-state index in [4.69, 9.17) is 15.1 Å². The van der Waals surface area contributed by atoms with Crippen LogP contribution in [0.4, 0.5) is 0 Å². The zero-order valence-corrected chi connectivity index (χ0v) is 6.43. The van der Waals surface area contributed by atoms with Crippen molar-refractivity contribution in [1.82, 2.24) is 4.57 Å². The lowest BCUT2D eigenvalue weighted by Crippen LogP contribution is -3.00. The lowest BCUT2D eigenvalue weighted by Gasteiger charge is -1.81. The summed E-state index contributed by atoms with van der Waals surface area (Å²) in [5.41, 5.74) is 0. The van der Waals surface area contributed by atoms with E-state index < -0.39 is 39.0 Å². The zero-order chi connectivity index (χ0) is 15.4. The Kier molecular flexibility index (Phi) is 0.676. The maximum Gasteiger partial charge on any atom is 0.243 e. The SMILES string of the molecule is [2H]c1c([2H])[n+](C([2H])([2H])C([2H])([2H])[2H])c([2H])n1C([2H])([2H])[2H].[I-]. The first-order valence-corrected chi connectivity index (χ1v) is 1.84. The molecule has 0 spiro atoms. The lowest BCUT2D eigenvalue weighted by atomic mass is 10.7. The van der Waals surface area contributed by atoms with Gasteiger partial charge in [-0.1, -0.05) is 0 Å². The largest absolute Gasteiger partial charge is 1.00 e. The highest BCUT2D eigenvalue weighted by atomic mass is 127. The molecule has 0 aliphatic rings. The molecule has 0 fully saturated rings. The molecule has 1 rings (SSSR count). The topological polar surface area (TPSA) is 8.81 Å². The molecule has 0 bridgehead atoms. The molecule has 3 heteroatoms. The molecule has 1 aromatic heterocycles. The van der Waals surface area contributed by atoms with Crippen molar-refractivity contribution < 1.29 is 43.6 Å². The summed E-state index contributed by atoms with van der Waals surface area (Å²) < 4.78 is 80.1. The van der Waals surface area contributed by atoms with Crippen molar-refractivity contribution in [3.8, 4) is 0 Å². The minimum Gasteiger partial charge on any atom is -1.00 e. The third-order valence-electron chi connectivity index (χ3n) is 0.585. The van der Waals surface area contributed by atoms with Crippen LogP contribution in [0.5, 0.6) is 0 Å². The van der Waals surface area contributed by atoms with Crippen molar-refractivity contribution in [2.24, 2.45) is 6.98 Å². The van der Waals surface area contributed by atoms with Gasteiger partial charge in [0.15, 0.2) is 1.37 Å². The van der Waals surface area contributed by atoms with Gasteiger partial charge in [0.25, 0.3) is 0 Å². The number of nitrogens with zero attached hydrogens (tertiary/aromatic N) is 2. The molecule has 0 aliphatic carbocycles. The van der Waals surface area contributed by atoms with Crippen LogP contribution in [0.15, 0.2) is 18.6 Å². The van der Waals surface area contributed by atoms with Crippen LogP contribution < -0.4 is 28.5 Å². The van der Waals surface area contributed by atoms with E-state index in [0.717, 1.165) is 0 Å². The van der Waals surface area contributed by atoms with Crippen LogP contribution in [0.25, 0.3) is 0 Å². The van der Waals surface area contributed by atoms with Gasteiger partial charge in [-0.25, -0.2) is 9.13 Å².